The maximum Gasteiger partial charge on any atom is 0.410 e. The third-order valence-corrected chi connectivity index (χ3v) is 6.54. The van der Waals surface area contributed by atoms with Gasteiger partial charge in [-0.05, 0) is 58.8 Å². The summed E-state index contributed by atoms with van der Waals surface area (Å²) in [6, 6.07) is -0.712. The van der Waals surface area contributed by atoms with Crippen molar-refractivity contribution in [3.63, 3.8) is 0 Å². The lowest BCUT2D eigenvalue weighted by Crippen LogP contribution is -2.50. The Balaban J connectivity index is 1.77. The molecule has 0 aromatic heterocycles. The fourth-order valence-electron chi connectivity index (χ4n) is 4.61. The fourth-order valence-corrected chi connectivity index (χ4v) is 4.61. The molecule has 11 heteroatoms. The number of carbonyl (C=O) groups excluding carboxylic acids is 4. The summed E-state index contributed by atoms with van der Waals surface area (Å²) >= 11 is 0. The average molecular weight is 511 g/mol. The zero-order valence-electron chi connectivity index (χ0n) is 22.0. The Morgan fingerprint density at radius 3 is 2.28 bits per heavy atom. The van der Waals surface area contributed by atoms with Crippen molar-refractivity contribution in [1.82, 2.24) is 20.4 Å². The van der Waals surface area contributed by atoms with Crippen molar-refractivity contribution in [2.75, 3.05) is 32.7 Å². The fraction of sp³-hybridized carbons (Fsp3) is 0.800. The molecule has 2 heterocycles. The molecule has 36 heavy (non-hydrogen) atoms. The molecule has 3 N–H and O–H groups in total. The number of hydrogen-bond donors (Lipinski definition) is 3. The van der Waals surface area contributed by atoms with Crippen LogP contribution in [0.1, 0.15) is 72.6 Å². The molecule has 0 aliphatic carbocycles. The van der Waals surface area contributed by atoms with Crippen LogP contribution in [0.15, 0.2) is 0 Å². The highest BCUT2D eigenvalue weighted by Crippen LogP contribution is 2.25. The highest BCUT2D eigenvalue weighted by Gasteiger charge is 2.31. The first-order chi connectivity index (χ1) is 16.8. The summed E-state index contributed by atoms with van der Waals surface area (Å²) in [5.41, 5.74) is -0.522. The molecular formula is C25H42N4O7. The molecule has 2 atom stereocenters. The first-order valence-corrected chi connectivity index (χ1v) is 12.9. The van der Waals surface area contributed by atoms with Gasteiger partial charge in [0.25, 0.3) is 0 Å². The predicted molar refractivity (Wildman–Crippen MR) is 132 cm³/mol. The minimum atomic E-state index is -1.07. The lowest BCUT2D eigenvalue weighted by atomic mass is 9.91. The molecule has 2 rings (SSSR count). The highest BCUT2D eigenvalue weighted by molar-refractivity contribution is 5.82. The van der Waals surface area contributed by atoms with Crippen molar-refractivity contribution >= 4 is 29.8 Å². The summed E-state index contributed by atoms with van der Waals surface area (Å²) in [6.07, 6.45) is 3.53. The van der Waals surface area contributed by atoms with Gasteiger partial charge >= 0.3 is 12.1 Å². The van der Waals surface area contributed by atoms with Crippen LogP contribution < -0.4 is 10.6 Å². The summed E-state index contributed by atoms with van der Waals surface area (Å²) in [5, 5.41) is 14.4. The Morgan fingerprint density at radius 1 is 1.03 bits per heavy atom. The maximum absolute atomic E-state index is 12.9. The van der Waals surface area contributed by atoms with E-state index in [1.807, 2.05) is 20.8 Å². The van der Waals surface area contributed by atoms with Gasteiger partial charge in [0, 0.05) is 46.1 Å². The smallest absolute Gasteiger partial charge is 0.410 e. The van der Waals surface area contributed by atoms with Gasteiger partial charge in [-0.3, -0.25) is 19.2 Å². The zero-order valence-corrected chi connectivity index (χ0v) is 22.0. The number of carbonyl (C=O) groups is 5. The van der Waals surface area contributed by atoms with Gasteiger partial charge in [-0.25, -0.2) is 4.79 Å². The number of ether oxygens (including phenoxy) is 1. The minimum Gasteiger partial charge on any atom is -0.481 e. The minimum absolute atomic E-state index is 0.0161. The molecule has 204 valence electrons. The summed E-state index contributed by atoms with van der Waals surface area (Å²) in [4.78, 5) is 63.6. The van der Waals surface area contributed by atoms with Gasteiger partial charge in [-0.1, -0.05) is 0 Å². The lowest BCUT2D eigenvalue weighted by Gasteiger charge is -2.35. The van der Waals surface area contributed by atoms with Crippen LogP contribution in [0.25, 0.3) is 0 Å². The predicted octanol–water partition coefficient (Wildman–Crippen LogP) is 1.75. The van der Waals surface area contributed by atoms with Crippen molar-refractivity contribution < 1.29 is 33.8 Å². The molecule has 4 amide bonds. The van der Waals surface area contributed by atoms with E-state index in [2.05, 4.69) is 10.6 Å². The van der Waals surface area contributed by atoms with Crippen LogP contribution in [0.5, 0.6) is 0 Å². The number of nitrogens with zero attached hydrogens (tertiary/aromatic N) is 2. The molecule has 11 nitrogen and oxygen atoms in total. The van der Waals surface area contributed by atoms with Crippen LogP contribution in [-0.4, -0.2) is 89.1 Å². The third kappa shape index (κ3) is 10.4. The molecule has 2 aliphatic heterocycles. The van der Waals surface area contributed by atoms with E-state index < -0.39 is 23.5 Å². The second kappa shape index (κ2) is 13.5. The van der Waals surface area contributed by atoms with Crippen LogP contribution in [0.2, 0.25) is 0 Å². The Labute approximate surface area is 213 Å². The van der Waals surface area contributed by atoms with Gasteiger partial charge in [0.1, 0.15) is 5.60 Å². The highest BCUT2D eigenvalue weighted by atomic mass is 16.6. The SMILES string of the molecule is CC(=O)NC[C@H](CC(=O)O)NC(=O)[C@@H]1CCCN(C(=O)CCC2CCN(C(=O)OC(C)(C)C)CC2)C1. The normalized spacial score (nSPS) is 19.8. The Kier molecular flexibility index (Phi) is 11.0. The van der Waals surface area contributed by atoms with E-state index in [-0.39, 0.29) is 36.8 Å². The van der Waals surface area contributed by atoms with E-state index in [0.717, 1.165) is 19.3 Å². The molecule has 2 aliphatic rings. The number of nitrogens with one attached hydrogen (secondary N) is 2. The number of piperidine rings is 2. The number of carboxylic acids is 1. The van der Waals surface area contributed by atoms with Crippen molar-refractivity contribution in [2.45, 2.75) is 84.3 Å². The largest absolute Gasteiger partial charge is 0.481 e. The molecule has 0 aromatic rings. The Hall–Kier alpha value is -2.85. The van der Waals surface area contributed by atoms with Crippen LogP contribution in [0.3, 0.4) is 0 Å². The summed E-state index contributed by atoms with van der Waals surface area (Å²) in [6.45, 7) is 9.05. The maximum atomic E-state index is 12.9. The summed E-state index contributed by atoms with van der Waals surface area (Å²) < 4.78 is 5.43. The van der Waals surface area contributed by atoms with Gasteiger partial charge in [0.2, 0.25) is 17.7 Å². The number of rotatable bonds is 9. The molecule has 0 radical (unpaired) electrons. The van der Waals surface area contributed by atoms with Crippen LogP contribution in [0.4, 0.5) is 4.79 Å². The van der Waals surface area contributed by atoms with E-state index in [0.29, 0.717) is 51.4 Å². The molecule has 0 saturated carbocycles. The summed E-state index contributed by atoms with van der Waals surface area (Å²) in [7, 11) is 0. The van der Waals surface area contributed by atoms with Crippen molar-refractivity contribution in [3.05, 3.63) is 0 Å². The zero-order chi connectivity index (χ0) is 26.9. The topological polar surface area (TPSA) is 145 Å². The molecule has 0 spiro atoms. The Morgan fingerprint density at radius 2 is 1.69 bits per heavy atom. The van der Waals surface area contributed by atoms with E-state index >= 15 is 0 Å². The Bertz CT molecular complexity index is 803. The molecule has 0 unspecified atom stereocenters. The number of amides is 4. The van der Waals surface area contributed by atoms with Crippen LogP contribution >= 0.6 is 0 Å². The third-order valence-electron chi connectivity index (χ3n) is 6.54. The van der Waals surface area contributed by atoms with E-state index in [9.17, 15) is 24.0 Å². The number of carboxylic acid groups (broad SMARTS) is 1. The number of hydrogen-bond acceptors (Lipinski definition) is 6. The van der Waals surface area contributed by atoms with Gasteiger partial charge in [-0.15, -0.1) is 0 Å². The quantitative estimate of drug-likeness (QED) is 0.428. The van der Waals surface area contributed by atoms with Gasteiger partial charge in [0.05, 0.1) is 18.4 Å². The van der Waals surface area contributed by atoms with E-state index in [1.54, 1.807) is 9.80 Å². The van der Waals surface area contributed by atoms with Crippen molar-refractivity contribution in [3.8, 4) is 0 Å². The molecule has 0 aromatic carbocycles. The average Bonchev–Trinajstić information content (AvgIpc) is 2.80. The molecule has 2 saturated heterocycles. The molecular weight excluding hydrogens is 468 g/mol. The van der Waals surface area contributed by atoms with Gasteiger partial charge < -0.3 is 30.3 Å². The second-order valence-electron chi connectivity index (χ2n) is 10.9. The first kappa shape index (κ1) is 29.4. The van der Waals surface area contributed by atoms with Crippen molar-refractivity contribution in [1.29, 1.82) is 0 Å². The van der Waals surface area contributed by atoms with Crippen molar-refractivity contribution in [2.24, 2.45) is 11.8 Å². The first-order valence-electron chi connectivity index (χ1n) is 12.9. The van der Waals surface area contributed by atoms with Gasteiger partial charge in [0.15, 0.2) is 0 Å². The van der Waals surface area contributed by atoms with Gasteiger partial charge in [-0.2, -0.15) is 0 Å². The number of likely N-dealkylation sites (tertiary alicyclic amines) is 2. The van der Waals surface area contributed by atoms with E-state index in [1.165, 1.54) is 6.92 Å². The van der Waals surface area contributed by atoms with Crippen LogP contribution in [-0.2, 0) is 23.9 Å². The molecule has 2 fully saturated rings. The van der Waals surface area contributed by atoms with Crippen LogP contribution in [0, 0.1) is 11.8 Å². The van der Waals surface area contributed by atoms with E-state index in [4.69, 9.17) is 9.84 Å². The standard InChI is InChI=1S/C25H42N4O7/c1-17(30)26-15-20(14-22(32)33)27-23(34)19-6-5-11-29(16-19)21(31)8-7-18-9-12-28(13-10-18)24(35)36-25(2,3)4/h18-20H,5-16H2,1-4H3,(H,26,30)(H,27,34)(H,32,33)/t19-,20+/m1/s1. The second-order valence-corrected chi connectivity index (χ2v) is 10.9. The summed E-state index contributed by atoms with van der Waals surface area (Å²) in [5.74, 6) is -1.69. The monoisotopic (exact) mass is 510 g/mol. The molecule has 0 bridgehead atoms. The lowest BCUT2D eigenvalue weighted by molar-refractivity contribution is -0.138. The number of aliphatic carboxylic acids is 1.